The fourth-order valence-electron chi connectivity index (χ4n) is 2.82. The molecule has 3 nitrogen and oxygen atoms in total. The van der Waals surface area contributed by atoms with E-state index in [9.17, 15) is 4.79 Å². The Labute approximate surface area is 140 Å². The van der Waals surface area contributed by atoms with Gasteiger partial charge < -0.3 is 10.3 Å². The summed E-state index contributed by atoms with van der Waals surface area (Å²) in [6.07, 6.45) is 0.335. The molecule has 2 aromatic carbocycles. The first-order chi connectivity index (χ1) is 11.0. The third-order valence-electron chi connectivity index (χ3n) is 4.15. The lowest BCUT2D eigenvalue weighted by atomic mass is 10.1. The van der Waals surface area contributed by atoms with Crippen LogP contribution in [0.5, 0.6) is 0 Å². The summed E-state index contributed by atoms with van der Waals surface area (Å²) < 4.78 is 0. The molecule has 0 aliphatic rings. The van der Waals surface area contributed by atoms with Gasteiger partial charge in [0.05, 0.1) is 6.42 Å². The van der Waals surface area contributed by atoms with Gasteiger partial charge in [-0.2, -0.15) is 0 Å². The number of amides is 1. The highest BCUT2D eigenvalue weighted by Crippen LogP contribution is 2.26. The zero-order chi connectivity index (χ0) is 16.6. The summed E-state index contributed by atoms with van der Waals surface area (Å²) in [5.41, 5.74) is 5.97. The van der Waals surface area contributed by atoms with Crippen molar-refractivity contribution in [2.24, 2.45) is 0 Å². The molecule has 3 rings (SSSR count). The van der Waals surface area contributed by atoms with Gasteiger partial charge in [-0.1, -0.05) is 29.3 Å². The van der Waals surface area contributed by atoms with E-state index in [-0.39, 0.29) is 5.91 Å². The van der Waals surface area contributed by atoms with Gasteiger partial charge in [0.25, 0.3) is 0 Å². The maximum absolute atomic E-state index is 12.5. The van der Waals surface area contributed by atoms with Crippen LogP contribution in [0.4, 0.5) is 5.69 Å². The zero-order valence-electron chi connectivity index (χ0n) is 13.5. The number of aryl methyl sites for hydroxylation is 2. The van der Waals surface area contributed by atoms with E-state index in [1.807, 2.05) is 32.0 Å². The van der Waals surface area contributed by atoms with E-state index in [1.165, 1.54) is 5.56 Å². The van der Waals surface area contributed by atoms with Gasteiger partial charge in [-0.25, -0.2) is 0 Å². The van der Waals surface area contributed by atoms with Crippen molar-refractivity contribution in [3.05, 3.63) is 63.8 Å². The Morgan fingerprint density at radius 3 is 2.74 bits per heavy atom. The molecule has 4 heteroatoms. The molecule has 0 unspecified atom stereocenters. The predicted octanol–water partition coefficient (Wildman–Crippen LogP) is 4.93. The van der Waals surface area contributed by atoms with E-state index in [0.29, 0.717) is 11.4 Å². The lowest BCUT2D eigenvalue weighted by Crippen LogP contribution is -2.15. The van der Waals surface area contributed by atoms with Crippen molar-refractivity contribution in [1.82, 2.24) is 4.98 Å². The Balaban J connectivity index is 1.87. The normalized spacial score (nSPS) is 11.0. The molecule has 3 aromatic rings. The standard InChI is InChI=1S/C19H19ClN2O/c1-11-7-8-18-15(9-11)14(13(3)21-18)10-19(23)22-17-6-4-5-16(20)12(17)2/h4-9,21H,10H2,1-3H3,(H,22,23). The van der Waals surface area contributed by atoms with Crippen molar-refractivity contribution in [1.29, 1.82) is 0 Å². The van der Waals surface area contributed by atoms with Crippen molar-refractivity contribution >= 4 is 34.1 Å². The van der Waals surface area contributed by atoms with Gasteiger partial charge in [0.15, 0.2) is 0 Å². The van der Waals surface area contributed by atoms with Crippen LogP contribution in [-0.4, -0.2) is 10.9 Å². The molecule has 2 N–H and O–H groups in total. The molecular formula is C19H19ClN2O. The van der Waals surface area contributed by atoms with Crippen molar-refractivity contribution < 1.29 is 4.79 Å². The number of anilines is 1. The monoisotopic (exact) mass is 326 g/mol. The Morgan fingerprint density at radius 1 is 1.17 bits per heavy atom. The molecule has 0 fully saturated rings. The summed E-state index contributed by atoms with van der Waals surface area (Å²) in [7, 11) is 0. The predicted molar refractivity (Wildman–Crippen MR) is 96.3 cm³/mol. The van der Waals surface area contributed by atoms with Gasteiger partial charge >= 0.3 is 0 Å². The molecule has 0 radical (unpaired) electrons. The topological polar surface area (TPSA) is 44.9 Å². The molecule has 0 saturated carbocycles. The number of aromatic amines is 1. The average molecular weight is 327 g/mol. The van der Waals surface area contributed by atoms with E-state index >= 15 is 0 Å². The number of aromatic nitrogens is 1. The lowest BCUT2D eigenvalue weighted by Gasteiger charge is -2.09. The minimum atomic E-state index is -0.0409. The SMILES string of the molecule is Cc1ccc2[nH]c(C)c(CC(=O)Nc3cccc(Cl)c3C)c2c1. The summed E-state index contributed by atoms with van der Waals surface area (Å²) >= 11 is 6.10. The molecule has 0 spiro atoms. The van der Waals surface area contributed by atoms with E-state index in [1.54, 1.807) is 0 Å². The summed E-state index contributed by atoms with van der Waals surface area (Å²) in [6, 6.07) is 11.8. The number of rotatable bonds is 3. The first kappa shape index (κ1) is 15.6. The van der Waals surface area contributed by atoms with Crippen LogP contribution in [0, 0.1) is 20.8 Å². The minimum Gasteiger partial charge on any atom is -0.358 e. The van der Waals surface area contributed by atoms with Crippen LogP contribution in [-0.2, 0) is 11.2 Å². The summed E-state index contributed by atoms with van der Waals surface area (Å²) in [5.74, 6) is -0.0409. The molecule has 1 aromatic heterocycles. The quantitative estimate of drug-likeness (QED) is 0.704. The van der Waals surface area contributed by atoms with Gasteiger partial charge in [0, 0.05) is 27.3 Å². The van der Waals surface area contributed by atoms with Crippen molar-refractivity contribution in [2.45, 2.75) is 27.2 Å². The highest BCUT2D eigenvalue weighted by Gasteiger charge is 2.14. The molecular weight excluding hydrogens is 308 g/mol. The first-order valence-electron chi connectivity index (χ1n) is 7.58. The highest BCUT2D eigenvalue weighted by molar-refractivity contribution is 6.31. The molecule has 23 heavy (non-hydrogen) atoms. The van der Waals surface area contributed by atoms with E-state index in [2.05, 4.69) is 35.4 Å². The van der Waals surface area contributed by atoms with Crippen LogP contribution in [0.25, 0.3) is 10.9 Å². The number of carbonyl (C=O) groups excluding carboxylic acids is 1. The summed E-state index contributed by atoms with van der Waals surface area (Å²) in [5, 5.41) is 4.72. The molecule has 0 bridgehead atoms. The molecule has 0 saturated heterocycles. The first-order valence-corrected chi connectivity index (χ1v) is 7.96. The largest absolute Gasteiger partial charge is 0.358 e. The number of hydrogen-bond donors (Lipinski definition) is 2. The molecule has 1 heterocycles. The van der Waals surface area contributed by atoms with Crippen LogP contribution in [0.15, 0.2) is 36.4 Å². The van der Waals surface area contributed by atoms with E-state index in [0.717, 1.165) is 33.4 Å². The van der Waals surface area contributed by atoms with Gasteiger partial charge in [-0.15, -0.1) is 0 Å². The third-order valence-corrected chi connectivity index (χ3v) is 4.56. The van der Waals surface area contributed by atoms with Crippen LogP contribution >= 0.6 is 11.6 Å². The van der Waals surface area contributed by atoms with Crippen LogP contribution in [0.2, 0.25) is 5.02 Å². The minimum absolute atomic E-state index is 0.0409. The molecule has 1 amide bonds. The van der Waals surface area contributed by atoms with Crippen molar-refractivity contribution in [3.8, 4) is 0 Å². The Morgan fingerprint density at radius 2 is 1.96 bits per heavy atom. The molecule has 0 atom stereocenters. The average Bonchev–Trinajstić information content (AvgIpc) is 2.80. The highest BCUT2D eigenvalue weighted by atomic mass is 35.5. The van der Waals surface area contributed by atoms with Gasteiger partial charge in [-0.3, -0.25) is 4.79 Å². The second-order valence-electron chi connectivity index (χ2n) is 5.91. The van der Waals surface area contributed by atoms with E-state index < -0.39 is 0 Å². The van der Waals surface area contributed by atoms with Gasteiger partial charge in [0.1, 0.15) is 0 Å². The maximum atomic E-state index is 12.5. The molecule has 118 valence electrons. The number of nitrogens with one attached hydrogen (secondary N) is 2. The summed E-state index contributed by atoms with van der Waals surface area (Å²) in [6.45, 7) is 5.96. The number of fused-ring (bicyclic) bond motifs is 1. The number of carbonyl (C=O) groups is 1. The van der Waals surface area contributed by atoms with Gasteiger partial charge in [-0.05, 0) is 56.2 Å². The second kappa shape index (κ2) is 6.09. The number of hydrogen-bond acceptors (Lipinski definition) is 1. The lowest BCUT2D eigenvalue weighted by molar-refractivity contribution is -0.115. The molecule has 0 aliphatic carbocycles. The number of halogens is 1. The van der Waals surface area contributed by atoms with Crippen LogP contribution < -0.4 is 5.32 Å². The Kier molecular flexibility index (Phi) is 4.14. The third kappa shape index (κ3) is 3.10. The van der Waals surface area contributed by atoms with Gasteiger partial charge in [0.2, 0.25) is 5.91 Å². The smallest absolute Gasteiger partial charge is 0.228 e. The van der Waals surface area contributed by atoms with E-state index in [4.69, 9.17) is 11.6 Å². The number of benzene rings is 2. The van der Waals surface area contributed by atoms with Crippen LogP contribution in [0.1, 0.15) is 22.4 Å². The molecule has 0 aliphatic heterocycles. The van der Waals surface area contributed by atoms with Crippen molar-refractivity contribution in [2.75, 3.05) is 5.32 Å². The zero-order valence-corrected chi connectivity index (χ0v) is 14.2. The summed E-state index contributed by atoms with van der Waals surface area (Å²) in [4.78, 5) is 15.8. The van der Waals surface area contributed by atoms with Crippen LogP contribution in [0.3, 0.4) is 0 Å². The van der Waals surface area contributed by atoms with Crippen molar-refractivity contribution in [3.63, 3.8) is 0 Å². The number of H-pyrrole nitrogens is 1. The maximum Gasteiger partial charge on any atom is 0.228 e. The fraction of sp³-hybridized carbons (Fsp3) is 0.211. The fourth-order valence-corrected chi connectivity index (χ4v) is 3.00. The second-order valence-corrected chi connectivity index (χ2v) is 6.32. The Hall–Kier alpha value is -2.26. The Bertz CT molecular complexity index is 896.